The van der Waals surface area contributed by atoms with E-state index in [0.29, 0.717) is 5.89 Å². The predicted molar refractivity (Wildman–Crippen MR) is 203 cm³/mol. The Morgan fingerprint density at radius 2 is 1.00 bits per heavy atom. The van der Waals surface area contributed by atoms with Crippen LogP contribution < -0.4 is 4.90 Å². The zero-order valence-electron chi connectivity index (χ0n) is 27.5. The third-order valence-corrected chi connectivity index (χ3v) is 9.93. The van der Waals surface area contributed by atoms with Gasteiger partial charge in [0.25, 0.3) is 0 Å². The van der Waals surface area contributed by atoms with Gasteiger partial charge in [0.1, 0.15) is 5.52 Å². The van der Waals surface area contributed by atoms with Crippen molar-refractivity contribution < 1.29 is 4.42 Å². The zero-order chi connectivity index (χ0) is 33.0. The molecule has 3 heteroatoms. The third kappa shape index (κ3) is 4.94. The van der Waals surface area contributed by atoms with Crippen LogP contribution in [-0.2, 0) is 5.41 Å². The summed E-state index contributed by atoms with van der Waals surface area (Å²) in [5, 5.41) is 0. The molecule has 7 aromatic carbocycles. The van der Waals surface area contributed by atoms with E-state index in [1.807, 2.05) is 42.5 Å². The van der Waals surface area contributed by atoms with Crippen molar-refractivity contribution in [3.05, 3.63) is 181 Å². The summed E-state index contributed by atoms with van der Waals surface area (Å²) in [6, 6.07) is 60.2. The van der Waals surface area contributed by atoms with Gasteiger partial charge in [0, 0.05) is 33.6 Å². The summed E-state index contributed by atoms with van der Waals surface area (Å²) in [4.78, 5) is 7.29. The molecule has 0 fully saturated rings. The first-order valence-electron chi connectivity index (χ1n) is 16.8. The smallest absolute Gasteiger partial charge is 0.227 e. The predicted octanol–water partition coefficient (Wildman–Crippen LogP) is 12.6. The summed E-state index contributed by atoms with van der Waals surface area (Å²) < 4.78 is 6.19. The second kappa shape index (κ2) is 11.5. The van der Waals surface area contributed by atoms with Crippen LogP contribution in [0, 0.1) is 0 Å². The van der Waals surface area contributed by atoms with Gasteiger partial charge in [0.05, 0.1) is 0 Å². The molecule has 0 atom stereocenters. The van der Waals surface area contributed by atoms with Crippen LogP contribution >= 0.6 is 0 Å². The molecule has 0 bridgehead atoms. The Labute approximate surface area is 286 Å². The number of nitrogens with zero attached hydrogens (tertiary/aromatic N) is 2. The average Bonchev–Trinajstić information content (AvgIpc) is 3.70. The molecule has 0 saturated carbocycles. The Kier molecular flexibility index (Phi) is 6.80. The van der Waals surface area contributed by atoms with Gasteiger partial charge in [-0.15, -0.1) is 0 Å². The molecule has 0 spiro atoms. The number of fused-ring (bicyclic) bond motifs is 4. The molecule has 0 unspecified atom stereocenters. The van der Waals surface area contributed by atoms with Crippen LogP contribution in [0.25, 0.3) is 55.9 Å². The van der Waals surface area contributed by atoms with Gasteiger partial charge >= 0.3 is 0 Å². The second-order valence-corrected chi connectivity index (χ2v) is 13.2. The molecule has 0 saturated heterocycles. The fourth-order valence-electron chi connectivity index (χ4n) is 7.40. The Hall–Kier alpha value is -6.19. The summed E-state index contributed by atoms with van der Waals surface area (Å²) in [5.74, 6) is 0.631. The standard InChI is InChI=1S/C46H34N2O/c1-46(2)41-18-10-9-16-39(41)40-30-37(28-29-42(40)46)48(35-24-20-32(21-25-35)31-12-5-3-6-13-31)36-26-22-33(23-27-36)38-17-11-19-43-44(38)47-45(49-43)34-14-7-4-8-15-34/h3-30H,1-2H3. The minimum Gasteiger partial charge on any atom is -0.436 e. The lowest BCUT2D eigenvalue weighted by Gasteiger charge is -2.27. The van der Waals surface area contributed by atoms with E-state index in [9.17, 15) is 0 Å². The van der Waals surface area contributed by atoms with Crippen LogP contribution in [0.1, 0.15) is 25.0 Å². The van der Waals surface area contributed by atoms with Crippen molar-refractivity contribution >= 4 is 28.2 Å². The molecular formula is C46H34N2O. The van der Waals surface area contributed by atoms with Gasteiger partial charge in [0.2, 0.25) is 5.89 Å². The lowest BCUT2D eigenvalue weighted by molar-refractivity contribution is 0.620. The monoisotopic (exact) mass is 630 g/mol. The van der Waals surface area contributed by atoms with Gasteiger partial charge in [-0.05, 0) is 93.5 Å². The topological polar surface area (TPSA) is 29.3 Å². The maximum atomic E-state index is 6.19. The molecule has 0 radical (unpaired) electrons. The van der Waals surface area contributed by atoms with Gasteiger partial charge < -0.3 is 9.32 Å². The number of hydrogen-bond donors (Lipinski definition) is 0. The highest BCUT2D eigenvalue weighted by molar-refractivity contribution is 5.93. The molecule has 8 aromatic rings. The lowest BCUT2D eigenvalue weighted by atomic mass is 9.82. The van der Waals surface area contributed by atoms with Crippen molar-refractivity contribution in [3.63, 3.8) is 0 Å². The minimum atomic E-state index is -0.0449. The van der Waals surface area contributed by atoms with E-state index in [1.165, 1.54) is 33.4 Å². The van der Waals surface area contributed by atoms with Crippen LogP contribution in [0.5, 0.6) is 0 Å². The second-order valence-electron chi connectivity index (χ2n) is 13.2. The van der Waals surface area contributed by atoms with Crippen molar-refractivity contribution in [2.75, 3.05) is 4.90 Å². The summed E-state index contributed by atoms with van der Waals surface area (Å²) in [5.41, 5.74) is 15.8. The lowest BCUT2D eigenvalue weighted by Crippen LogP contribution is -2.15. The van der Waals surface area contributed by atoms with Gasteiger partial charge in [-0.25, -0.2) is 4.98 Å². The molecular weight excluding hydrogens is 597 g/mol. The van der Waals surface area contributed by atoms with Crippen molar-refractivity contribution in [1.82, 2.24) is 4.98 Å². The minimum absolute atomic E-state index is 0.0449. The van der Waals surface area contributed by atoms with Crippen LogP contribution in [-0.4, -0.2) is 4.98 Å². The summed E-state index contributed by atoms with van der Waals surface area (Å²) in [7, 11) is 0. The van der Waals surface area contributed by atoms with Crippen molar-refractivity contribution in [2.24, 2.45) is 0 Å². The van der Waals surface area contributed by atoms with Crippen LogP contribution in [0.2, 0.25) is 0 Å². The van der Waals surface area contributed by atoms with E-state index < -0.39 is 0 Å². The Morgan fingerprint density at radius 1 is 0.449 bits per heavy atom. The first-order valence-corrected chi connectivity index (χ1v) is 16.8. The SMILES string of the molecule is CC1(C)c2ccccc2-c2cc(N(c3ccc(-c4ccccc4)cc3)c3ccc(-c4cccc5oc(-c6ccccc6)nc45)cc3)ccc21. The quantitative estimate of drug-likeness (QED) is 0.183. The van der Waals surface area contributed by atoms with E-state index in [0.717, 1.165) is 44.9 Å². The van der Waals surface area contributed by atoms with Crippen molar-refractivity contribution in [1.29, 1.82) is 0 Å². The van der Waals surface area contributed by atoms with Crippen LogP contribution in [0.3, 0.4) is 0 Å². The molecule has 1 aliphatic rings. The number of para-hydroxylation sites is 1. The zero-order valence-corrected chi connectivity index (χ0v) is 27.5. The number of aromatic nitrogens is 1. The molecule has 3 nitrogen and oxygen atoms in total. The fraction of sp³-hybridized carbons (Fsp3) is 0.0652. The number of rotatable bonds is 6. The maximum absolute atomic E-state index is 6.19. The average molecular weight is 631 g/mol. The molecule has 0 N–H and O–H groups in total. The number of benzene rings is 7. The number of hydrogen-bond acceptors (Lipinski definition) is 3. The molecule has 49 heavy (non-hydrogen) atoms. The van der Waals surface area contributed by atoms with Crippen molar-refractivity contribution in [3.8, 4) is 44.8 Å². The normalized spacial score (nSPS) is 12.9. The van der Waals surface area contributed by atoms with E-state index in [1.54, 1.807) is 0 Å². The summed E-state index contributed by atoms with van der Waals surface area (Å²) >= 11 is 0. The van der Waals surface area contributed by atoms with E-state index in [-0.39, 0.29) is 5.41 Å². The Morgan fingerprint density at radius 3 is 1.71 bits per heavy atom. The Bertz CT molecular complexity index is 2440. The van der Waals surface area contributed by atoms with Crippen molar-refractivity contribution in [2.45, 2.75) is 19.3 Å². The largest absolute Gasteiger partial charge is 0.436 e. The third-order valence-electron chi connectivity index (χ3n) is 9.93. The summed E-state index contributed by atoms with van der Waals surface area (Å²) in [6.45, 7) is 4.66. The van der Waals surface area contributed by atoms with E-state index in [4.69, 9.17) is 9.40 Å². The highest BCUT2D eigenvalue weighted by atomic mass is 16.3. The molecule has 0 amide bonds. The van der Waals surface area contributed by atoms with Gasteiger partial charge in [-0.1, -0.05) is 129 Å². The first-order chi connectivity index (χ1) is 24.0. The summed E-state index contributed by atoms with van der Waals surface area (Å²) in [6.07, 6.45) is 0. The highest BCUT2D eigenvalue weighted by Gasteiger charge is 2.35. The Balaban J connectivity index is 1.14. The fourth-order valence-corrected chi connectivity index (χ4v) is 7.40. The molecule has 9 rings (SSSR count). The maximum Gasteiger partial charge on any atom is 0.227 e. The van der Waals surface area contributed by atoms with E-state index >= 15 is 0 Å². The van der Waals surface area contributed by atoms with Gasteiger partial charge in [0.15, 0.2) is 5.58 Å². The van der Waals surface area contributed by atoms with Crippen LogP contribution in [0.4, 0.5) is 17.1 Å². The van der Waals surface area contributed by atoms with Gasteiger partial charge in [-0.2, -0.15) is 0 Å². The van der Waals surface area contributed by atoms with Gasteiger partial charge in [-0.3, -0.25) is 0 Å². The molecule has 234 valence electrons. The molecule has 1 heterocycles. The molecule has 0 aliphatic heterocycles. The van der Waals surface area contributed by atoms with E-state index in [2.05, 4.69) is 146 Å². The molecule has 1 aliphatic carbocycles. The first kappa shape index (κ1) is 29.0. The highest BCUT2D eigenvalue weighted by Crippen LogP contribution is 2.50. The molecule has 1 aromatic heterocycles. The number of oxazole rings is 1. The number of anilines is 3. The van der Waals surface area contributed by atoms with Crippen LogP contribution in [0.15, 0.2) is 174 Å².